The van der Waals surface area contributed by atoms with Gasteiger partial charge in [-0.15, -0.1) is 0 Å². The van der Waals surface area contributed by atoms with Crippen LogP contribution in [0.15, 0.2) is 23.0 Å². The van der Waals surface area contributed by atoms with Crippen molar-refractivity contribution in [3.63, 3.8) is 0 Å². The fourth-order valence-electron chi connectivity index (χ4n) is 1.38. The van der Waals surface area contributed by atoms with E-state index < -0.39 is 0 Å². The molecule has 74 valence electrons. The Kier molecular flexibility index (Phi) is 2.54. The molecule has 0 aliphatic carbocycles. The molecule has 0 radical (unpaired) electrons. The minimum Gasteiger partial charge on any atom is -0.380 e. The first kappa shape index (κ1) is 9.27. The second-order valence-corrected chi connectivity index (χ2v) is 4.06. The normalized spacial score (nSPS) is 10.4. The van der Waals surface area contributed by atoms with E-state index in [1.807, 2.05) is 18.7 Å². The Hall–Kier alpha value is -1.29. The second kappa shape index (κ2) is 3.84. The fourth-order valence-corrected chi connectivity index (χ4v) is 2.00. The average molecular weight is 207 g/mol. The van der Waals surface area contributed by atoms with Gasteiger partial charge in [0.15, 0.2) is 0 Å². The topological polar surface area (TPSA) is 29.9 Å². The number of hydrogen-bond acceptors (Lipinski definition) is 3. The third-order valence-electron chi connectivity index (χ3n) is 2.12. The lowest BCUT2D eigenvalue weighted by Crippen LogP contribution is -1.98. The van der Waals surface area contributed by atoms with Crippen molar-refractivity contribution < 1.29 is 0 Å². The van der Waals surface area contributed by atoms with Gasteiger partial charge in [0.1, 0.15) is 0 Å². The van der Waals surface area contributed by atoms with E-state index in [9.17, 15) is 0 Å². The molecule has 0 atom stereocenters. The Balaban J connectivity index is 2.01. The lowest BCUT2D eigenvalue weighted by Gasteiger charge is -2.01. The quantitative estimate of drug-likeness (QED) is 0.837. The van der Waals surface area contributed by atoms with E-state index in [1.54, 1.807) is 11.3 Å². The summed E-state index contributed by atoms with van der Waals surface area (Å²) in [6.07, 6.45) is 2.05. The molecule has 0 saturated heterocycles. The summed E-state index contributed by atoms with van der Waals surface area (Å²) in [6, 6.07) is 2.08. The van der Waals surface area contributed by atoms with Gasteiger partial charge in [0.25, 0.3) is 0 Å². The maximum atomic E-state index is 4.29. The summed E-state index contributed by atoms with van der Waals surface area (Å²) in [6.45, 7) is 2.88. The van der Waals surface area contributed by atoms with Crippen LogP contribution < -0.4 is 5.32 Å². The van der Waals surface area contributed by atoms with Crippen molar-refractivity contribution in [2.75, 3.05) is 5.32 Å². The molecule has 2 heterocycles. The molecule has 0 bridgehead atoms. The molecule has 0 aliphatic heterocycles. The van der Waals surface area contributed by atoms with Crippen LogP contribution in [0.2, 0.25) is 0 Å². The fraction of sp³-hybridized carbons (Fsp3) is 0.300. The van der Waals surface area contributed by atoms with Gasteiger partial charge in [-0.25, -0.2) is 0 Å². The summed E-state index contributed by atoms with van der Waals surface area (Å²) < 4.78 is 1.85. The molecule has 0 aromatic carbocycles. The van der Waals surface area contributed by atoms with Crippen LogP contribution in [0, 0.1) is 6.92 Å². The van der Waals surface area contributed by atoms with E-state index >= 15 is 0 Å². The number of rotatable bonds is 3. The van der Waals surface area contributed by atoms with Crippen molar-refractivity contribution in [2.24, 2.45) is 7.05 Å². The first-order chi connectivity index (χ1) is 6.75. The van der Waals surface area contributed by atoms with Crippen LogP contribution in [0.25, 0.3) is 0 Å². The van der Waals surface area contributed by atoms with Gasteiger partial charge >= 0.3 is 0 Å². The molecule has 1 N–H and O–H groups in total. The zero-order chi connectivity index (χ0) is 9.97. The summed E-state index contributed by atoms with van der Waals surface area (Å²) in [5.74, 6) is 0. The van der Waals surface area contributed by atoms with Crippen LogP contribution >= 0.6 is 11.3 Å². The van der Waals surface area contributed by atoms with Crippen LogP contribution in [0.4, 0.5) is 5.69 Å². The lowest BCUT2D eigenvalue weighted by molar-refractivity contribution is 0.756. The smallest absolute Gasteiger partial charge is 0.0643 e. The summed E-state index contributed by atoms with van der Waals surface area (Å²) in [5, 5.41) is 11.8. The number of anilines is 1. The van der Waals surface area contributed by atoms with E-state index in [1.165, 1.54) is 11.3 Å². The molecule has 0 saturated carbocycles. The molecule has 0 unspecified atom stereocenters. The van der Waals surface area contributed by atoms with Gasteiger partial charge in [0.2, 0.25) is 0 Å². The van der Waals surface area contributed by atoms with Crippen molar-refractivity contribution in [3.05, 3.63) is 34.3 Å². The van der Waals surface area contributed by atoms with Gasteiger partial charge in [-0.05, 0) is 18.4 Å². The van der Waals surface area contributed by atoms with Gasteiger partial charge in [-0.1, -0.05) is 0 Å². The highest BCUT2D eigenvalue weighted by Gasteiger charge is 2.02. The number of hydrogen-bond donors (Lipinski definition) is 1. The first-order valence-corrected chi connectivity index (χ1v) is 5.45. The van der Waals surface area contributed by atoms with Crippen molar-refractivity contribution in [2.45, 2.75) is 13.5 Å². The number of thiophene rings is 1. The maximum Gasteiger partial charge on any atom is 0.0643 e. The molecule has 3 nitrogen and oxygen atoms in total. The Bertz CT molecular complexity index is 403. The van der Waals surface area contributed by atoms with Gasteiger partial charge in [0, 0.05) is 36.4 Å². The monoisotopic (exact) mass is 207 g/mol. The van der Waals surface area contributed by atoms with Crippen LogP contribution in [0.5, 0.6) is 0 Å². The highest BCUT2D eigenvalue weighted by Crippen LogP contribution is 2.14. The molecular weight excluding hydrogens is 194 g/mol. The molecule has 0 amide bonds. The zero-order valence-corrected chi connectivity index (χ0v) is 9.14. The molecule has 0 aliphatic rings. The van der Waals surface area contributed by atoms with E-state index in [0.29, 0.717) is 0 Å². The number of nitrogens with one attached hydrogen (secondary N) is 1. The number of aryl methyl sites for hydroxylation is 2. The maximum absolute atomic E-state index is 4.29. The van der Waals surface area contributed by atoms with Gasteiger partial charge in [-0.2, -0.15) is 16.4 Å². The van der Waals surface area contributed by atoms with E-state index in [4.69, 9.17) is 0 Å². The van der Waals surface area contributed by atoms with Crippen molar-refractivity contribution in [3.8, 4) is 0 Å². The predicted molar refractivity (Wildman–Crippen MR) is 59.6 cm³/mol. The van der Waals surface area contributed by atoms with Crippen molar-refractivity contribution in [1.82, 2.24) is 9.78 Å². The third-order valence-corrected chi connectivity index (χ3v) is 2.80. The molecule has 2 rings (SSSR count). The van der Waals surface area contributed by atoms with E-state index in [2.05, 4.69) is 33.4 Å². The summed E-state index contributed by atoms with van der Waals surface area (Å²) in [4.78, 5) is 0. The van der Waals surface area contributed by atoms with E-state index in [0.717, 1.165) is 12.2 Å². The molecule has 0 fully saturated rings. The summed E-state index contributed by atoms with van der Waals surface area (Å²) in [5.41, 5.74) is 3.52. The SMILES string of the molecule is Cc1nn(C)cc1CNc1ccsc1. The lowest BCUT2D eigenvalue weighted by atomic mass is 10.2. The third kappa shape index (κ3) is 1.96. The Morgan fingerprint density at radius 3 is 3.00 bits per heavy atom. The number of aromatic nitrogens is 2. The van der Waals surface area contributed by atoms with E-state index in [-0.39, 0.29) is 0 Å². The van der Waals surface area contributed by atoms with Crippen LogP contribution in [-0.2, 0) is 13.6 Å². The average Bonchev–Trinajstić information content (AvgIpc) is 2.72. The number of nitrogens with zero attached hydrogens (tertiary/aromatic N) is 2. The molecule has 4 heteroatoms. The van der Waals surface area contributed by atoms with Crippen LogP contribution in [-0.4, -0.2) is 9.78 Å². The predicted octanol–water partition coefficient (Wildman–Crippen LogP) is 2.40. The molecule has 2 aromatic rings. The van der Waals surface area contributed by atoms with Crippen molar-refractivity contribution in [1.29, 1.82) is 0 Å². The Morgan fingerprint density at radius 1 is 1.57 bits per heavy atom. The Labute approximate surface area is 87.4 Å². The van der Waals surface area contributed by atoms with Crippen molar-refractivity contribution >= 4 is 17.0 Å². The highest BCUT2D eigenvalue weighted by atomic mass is 32.1. The van der Waals surface area contributed by atoms with Crippen LogP contribution in [0.3, 0.4) is 0 Å². The largest absolute Gasteiger partial charge is 0.380 e. The van der Waals surface area contributed by atoms with Gasteiger partial charge in [-0.3, -0.25) is 4.68 Å². The Morgan fingerprint density at radius 2 is 2.43 bits per heavy atom. The van der Waals surface area contributed by atoms with Gasteiger partial charge in [0.05, 0.1) is 5.69 Å². The molecule has 2 aromatic heterocycles. The molecular formula is C10H13N3S. The highest BCUT2D eigenvalue weighted by molar-refractivity contribution is 7.08. The summed E-state index contributed by atoms with van der Waals surface area (Å²) >= 11 is 1.70. The second-order valence-electron chi connectivity index (χ2n) is 3.28. The van der Waals surface area contributed by atoms with Crippen LogP contribution in [0.1, 0.15) is 11.3 Å². The van der Waals surface area contributed by atoms with Gasteiger partial charge < -0.3 is 5.32 Å². The molecule has 14 heavy (non-hydrogen) atoms. The first-order valence-electron chi connectivity index (χ1n) is 4.51. The molecule has 0 spiro atoms. The zero-order valence-electron chi connectivity index (χ0n) is 8.32. The minimum atomic E-state index is 0.844. The summed E-state index contributed by atoms with van der Waals surface area (Å²) in [7, 11) is 1.95. The minimum absolute atomic E-state index is 0.844. The standard InChI is InChI=1S/C10H13N3S/c1-8-9(6-13(2)12-8)5-11-10-3-4-14-7-10/h3-4,6-7,11H,5H2,1-2H3.